The van der Waals surface area contributed by atoms with E-state index >= 15 is 0 Å². The van der Waals surface area contributed by atoms with E-state index in [1.54, 1.807) is 12.1 Å². The maximum absolute atomic E-state index is 13.2. The van der Waals surface area contributed by atoms with Crippen LogP contribution in [0.1, 0.15) is 43.1 Å². The molecule has 1 atom stereocenters. The van der Waals surface area contributed by atoms with Gasteiger partial charge in [-0.2, -0.15) is 0 Å². The highest BCUT2D eigenvalue weighted by Gasteiger charge is 2.22. The zero-order valence-electron chi connectivity index (χ0n) is 20.3. The second kappa shape index (κ2) is 15.3. The van der Waals surface area contributed by atoms with Crippen molar-refractivity contribution in [3.05, 3.63) is 108 Å². The molecule has 0 saturated carbocycles. The van der Waals surface area contributed by atoms with Crippen molar-refractivity contribution in [2.75, 3.05) is 5.32 Å². The van der Waals surface area contributed by atoms with Crippen LogP contribution >= 0.6 is 11.9 Å². The number of anilines is 1. The zero-order valence-corrected chi connectivity index (χ0v) is 21.1. The van der Waals surface area contributed by atoms with Gasteiger partial charge in [0.15, 0.2) is 0 Å². The first-order valence-corrected chi connectivity index (χ1v) is 12.3. The van der Waals surface area contributed by atoms with Gasteiger partial charge in [0.2, 0.25) is 5.91 Å². The van der Waals surface area contributed by atoms with E-state index in [1.165, 1.54) is 42.6 Å². The molecule has 2 amide bonds. The van der Waals surface area contributed by atoms with Gasteiger partial charge in [0.25, 0.3) is 5.91 Å². The van der Waals surface area contributed by atoms with Crippen molar-refractivity contribution < 1.29 is 14.0 Å². The molecule has 0 spiro atoms. The standard InChI is InChI=1S/C25H24FN3O2S.C3H8/c1-2-16-27-32-22-14-12-21(13-15-22)28-25(31)23(17-18-6-4-3-5-7-18)29-24(30)19-8-10-20(26)11-9-19;1-3-2/h2-16,23,27H,17H2,1H3,(H,28,31)(H,29,30);3H2,1-2H3/b16-2+;. The average Bonchev–Trinajstić information content (AvgIpc) is 2.86. The molecule has 0 radical (unpaired) electrons. The molecule has 0 heterocycles. The number of nitrogens with one attached hydrogen (secondary N) is 3. The Kier molecular flexibility index (Phi) is 12.1. The van der Waals surface area contributed by atoms with Crippen LogP contribution in [0.5, 0.6) is 0 Å². The predicted octanol–water partition coefficient (Wildman–Crippen LogP) is 6.35. The molecule has 3 N–H and O–H groups in total. The molecular weight excluding hydrogens is 461 g/mol. The van der Waals surface area contributed by atoms with Crippen LogP contribution in [0.4, 0.5) is 10.1 Å². The molecule has 184 valence electrons. The van der Waals surface area contributed by atoms with Crippen LogP contribution < -0.4 is 15.4 Å². The smallest absolute Gasteiger partial charge is 0.251 e. The minimum atomic E-state index is -0.805. The molecule has 0 saturated heterocycles. The van der Waals surface area contributed by atoms with Crippen LogP contribution in [-0.4, -0.2) is 17.9 Å². The van der Waals surface area contributed by atoms with Crippen LogP contribution in [0.3, 0.4) is 0 Å². The number of hydrogen-bond donors (Lipinski definition) is 3. The van der Waals surface area contributed by atoms with Gasteiger partial charge in [0, 0.05) is 28.8 Å². The summed E-state index contributed by atoms with van der Waals surface area (Å²) in [5, 5.41) is 5.64. The van der Waals surface area contributed by atoms with Crippen molar-refractivity contribution in [2.45, 2.75) is 44.6 Å². The van der Waals surface area contributed by atoms with Gasteiger partial charge in [-0.05, 0) is 73.0 Å². The Hall–Kier alpha value is -3.58. The molecule has 3 aromatic carbocycles. The van der Waals surface area contributed by atoms with Gasteiger partial charge < -0.3 is 15.4 Å². The lowest BCUT2D eigenvalue weighted by Crippen LogP contribution is -2.45. The van der Waals surface area contributed by atoms with Gasteiger partial charge in [0.1, 0.15) is 11.9 Å². The van der Waals surface area contributed by atoms with E-state index in [2.05, 4.69) is 29.2 Å². The highest BCUT2D eigenvalue weighted by molar-refractivity contribution is 7.97. The predicted molar refractivity (Wildman–Crippen MR) is 143 cm³/mol. The topological polar surface area (TPSA) is 70.2 Å². The van der Waals surface area contributed by atoms with E-state index in [9.17, 15) is 14.0 Å². The Labute approximate surface area is 211 Å². The van der Waals surface area contributed by atoms with Crippen molar-refractivity contribution >= 4 is 29.4 Å². The largest absolute Gasteiger partial charge is 0.340 e. The first-order valence-electron chi connectivity index (χ1n) is 11.5. The number of hydrogen-bond acceptors (Lipinski definition) is 4. The summed E-state index contributed by atoms with van der Waals surface area (Å²) < 4.78 is 16.3. The third kappa shape index (κ3) is 10.1. The molecule has 3 aromatic rings. The van der Waals surface area contributed by atoms with E-state index in [1.807, 2.05) is 61.7 Å². The summed E-state index contributed by atoms with van der Waals surface area (Å²) in [5.41, 5.74) is 1.82. The van der Waals surface area contributed by atoms with Crippen molar-refractivity contribution in [1.82, 2.24) is 10.0 Å². The highest BCUT2D eigenvalue weighted by atomic mass is 32.2. The number of halogens is 1. The fraction of sp³-hybridized carbons (Fsp3) is 0.214. The number of allylic oxidation sites excluding steroid dienone is 1. The van der Waals surface area contributed by atoms with Crippen molar-refractivity contribution in [3.63, 3.8) is 0 Å². The van der Waals surface area contributed by atoms with Crippen LogP contribution in [0.15, 0.2) is 96.0 Å². The number of rotatable bonds is 9. The first-order chi connectivity index (χ1) is 17.0. The third-order valence-corrected chi connectivity index (χ3v) is 5.31. The second-order valence-electron chi connectivity index (χ2n) is 7.66. The van der Waals surface area contributed by atoms with Gasteiger partial charge in [-0.25, -0.2) is 4.39 Å². The van der Waals surface area contributed by atoms with E-state index in [0.717, 1.165) is 10.5 Å². The molecule has 1 unspecified atom stereocenters. The fourth-order valence-electron chi connectivity index (χ4n) is 2.91. The number of amides is 2. The summed E-state index contributed by atoms with van der Waals surface area (Å²) in [4.78, 5) is 26.7. The Bertz CT molecular complexity index is 1070. The van der Waals surface area contributed by atoms with Crippen molar-refractivity contribution in [3.8, 4) is 0 Å². The molecule has 0 bridgehead atoms. The van der Waals surface area contributed by atoms with Gasteiger partial charge in [0.05, 0.1) is 0 Å². The monoisotopic (exact) mass is 493 g/mol. The van der Waals surface area contributed by atoms with Crippen molar-refractivity contribution in [2.24, 2.45) is 0 Å². The normalized spacial score (nSPS) is 11.2. The molecule has 3 rings (SSSR count). The minimum Gasteiger partial charge on any atom is -0.340 e. The molecule has 35 heavy (non-hydrogen) atoms. The molecule has 5 nitrogen and oxygen atoms in total. The Morgan fingerprint density at radius 1 is 0.943 bits per heavy atom. The Morgan fingerprint density at radius 3 is 2.17 bits per heavy atom. The number of carbonyl (C=O) groups is 2. The average molecular weight is 494 g/mol. The Morgan fingerprint density at radius 2 is 1.57 bits per heavy atom. The highest BCUT2D eigenvalue weighted by Crippen LogP contribution is 2.18. The molecule has 0 fully saturated rings. The van der Waals surface area contributed by atoms with E-state index in [-0.39, 0.29) is 11.5 Å². The molecular formula is C28H32FN3O2S. The number of carbonyl (C=O) groups excluding carboxylic acids is 2. The molecule has 0 aliphatic carbocycles. The molecule has 0 aliphatic rings. The second-order valence-corrected chi connectivity index (χ2v) is 8.57. The zero-order chi connectivity index (χ0) is 25.5. The van der Waals surface area contributed by atoms with Crippen LogP contribution in [0.2, 0.25) is 0 Å². The summed E-state index contributed by atoms with van der Waals surface area (Å²) >= 11 is 1.45. The third-order valence-electron chi connectivity index (χ3n) is 4.54. The SMILES string of the molecule is C/C=C/NSc1ccc(NC(=O)C(Cc2ccccc2)NC(=O)c2ccc(F)cc2)cc1.CCC. The van der Waals surface area contributed by atoms with Gasteiger partial charge in [-0.1, -0.05) is 56.7 Å². The van der Waals surface area contributed by atoms with Crippen LogP contribution in [-0.2, 0) is 11.2 Å². The number of benzene rings is 3. The van der Waals surface area contributed by atoms with Crippen molar-refractivity contribution in [1.29, 1.82) is 0 Å². The molecule has 0 aliphatic heterocycles. The lowest BCUT2D eigenvalue weighted by molar-refractivity contribution is -0.118. The van der Waals surface area contributed by atoms with E-state index < -0.39 is 17.8 Å². The van der Waals surface area contributed by atoms with Gasteiger partial charge >= 0.3 is 0 Å². The van der Waals surface area contributed by atoms with E-state index in [4.69, 9.17) is 0 Å². The summed E-state index contributed by atoms with van der Waals surface area (Å²) in [7, 11) is 0. The summed E-state index contributed by atoms with van der Waals surface area (Å²) in [6.07, 6.45) is 5.30. The lowest BCUT2D eigenvalue weighted by atomic mass is 10.0. The lowest BCUT2D eigenvalue weighted by Gasteiger charge is -2.19. The van der Waals surface area contributed by atoms with Gasteiger partial charge in [-0.3, -0.25) is 9.59 Å². The summed E-state index contributed by atoms with van der Waals surface area (Å²) in [6, 6.07) is 21.2. The van der Waals surface area contributed by atoms with E-state index in [0.29, 0.717) is 12.1 Å². The quantitative estimate of drug-likeness (QED) is 0.304. The summed E-state index contributed by atoms with van der Waals surface area (Å²) in [6.45, 7) is 6.17. The Balaban J connectivity index is 0.00000137. The van der Waals surface area contributed by atoms with Crippen LogP contribution in [0.25, 0.3) is 0 Å². The fourth-order valence-corrected chi connectivity index (χ4v) is 3.52. The maximum atomic E-state index is 13.2. The molecule has 0 aromatic heterocycles. The molecule has 7 heteroatoms. The summed E-state index contributed by atoms with van der Waals surface area (Å²) in [5.74, 6) is -1.21. The van der Waals surface area contributed by atoms with Gasteiger partial charge in [-0.15, -0.1) is 0 Å². The first kappa shape index (κ1) is 27.7. The maximum Gasteiger partial charge on any atom is 0.251 e. The van der Waals surface area contributed by atoms with Crippen LogP contribution in [0, 0.1) is 5.82 Å². The minimum absolute atomic E-state index is 0.285.